The number of hydrogen-bond donors (Lipinski definition) is 3. The van der Waals surface area contributed by atoms with E-state index in [-0.39, 0.29) is 12.3 Å². The van der Waals surface area contributed by atoms with E-state index < -0.39 is 5.97 Å². The molecule has 0 spiro atoms. The molecular formula is C17H18N2O3. The number of anilines is 1. The number of rotatable bonds is 6. The lowest BCUT2D eigenvalue weighted by Gasteiger charge is -2.07. The highest BCUT2D eigenvalue weighted by molar-refractivity contribution is 6.04. The molecule has 0 saturated carbocycles. The topological polar surface area (TPSA) is 92.4 Å². The van der Waals surface area contributed by atoms with Crippen molar-refractivity contribution in [1.29, 1.82) is 0 Å². The molecule has 0 aliphatic rings. The van der Waals surface area contributed by atoms with Crippen LogP contribution in [0.15, 0.2) is 48.5 Å². The van der Waals surface area contributed by atoms with Gasteiger partial charge >= 0.3 is 5.97 Å². The predicted molar refractivity (Wildman–Crippen MR) is 84.7 cm³/mol. The van der Waals surface area contributed by atoms with E-state index in [0.717, 1.165) is 11.1 Å². The summed E-state index contributed by atoms with van der Waals surface area (Å²) < 4.78 is 0. The van der Waals surface area contributed by atoms with Crippen molar-refractivity contribution in [2.45, 2.75) is 19.4 Å². The molecule has 114 valence electrons. The fourth-order valence-electron chi connectivity index (χ4n) is 2.00. The molecule has 0 heterocycles. The van der Waals surface area contributed by atoms with Gasteiger partial charge in [0.15, 0.2) is 0 Å². The maximum absolute atomic E-state index is 12.1. The number of benzene rings is 2. The van der Waals surface area contributed by atoms with Gasteiger partial charge in [-0.05, 0) is 41.8 Å². The summed E-state index contributed by atoms with van der Waals surface area (Å²) in [5, 5.41) is 11.4. The van der Waals surface area contributed by atoms with Crippen molar-refractivity contribution in [2.75, 3.05) is 5.32 Å². The fraction of sp³-hybridized carbons (Fsp3) is 0.176. The second-order valence-electron chi connectivity index (χ2n) is 4.95. The Morgan fingerprint density at radius 3 is 2.09 bits per heavy atom. The second kappa shape index (κ2) is 7.38. The van der Waals surface area contributed by atoms with E-state index in [0.29, 0.717) is 24.2 Å². The molecule has 22 heavy (non-hydrogen) atoms. The van der Waals surface area contributed by atoms with E-state index in [1.807, 2.05) is 24.3 Å². The Morgan fingerprint density at radius 1 is 0.955 bits per heavy atom. The molecule has 0 radical (unpaired) electrons. The van der Waals surface area contributed by atoms with Gasteiger partial charge < -0.3 is 16.2 Å². The van der Waals surface area contributed by atoms with E-state index in [1.54, 1.807) is 24.3 Å². The van der Waals surface area contributed by atoms with Crippen molar-refractivity contribution in [1.82, 2.24) is 0 Å². The zero-order valence-corrected chi connectivity index (χ0v) is 12.1. The number of nitrogens with two attached hydrogens (primary N) is 1. The Hall–Kier alpha value is -2.66. The third-order valence-corrected chi connectivity index (χ3v) is 3.29. The highest BCUT2D eigenvalue weighted by Gasteiger charge is 2.06. The lowest BCUT2D eigenvalue weighted by Crippen LogP contribution is -2.12. The first kappa shape index (κ1) is 15.7. The average Bonchev–Trinajstić information content (AvgIpc) is 2.54. The number of hydrogen-bond acceptors (Lipinski definition) is 3. The minimum Gasteiger partial charge on any atom is -0.481 e. The first-order valence-corrected chi connectivity index (χ1v) is 6.99. The Kier molecular flexibility index (Phi) is 5.27. The van der Waals surface area contributed by atoms with Crippen LogP contribution in [0.4, 0.5) is 5.69 Å². The molecule has 2 aromatic rings. The van der Waals surface area contributed by atoms with Crippen molar-refractivity contribution in [3.05, 3.63) is 65.2 Å². The minimum atomic E-state index is -0.821. The molecule has 0 aliphatic carbocycles. The van der Waals surface area contributed by atoms with Crippen LogP contribution in [-0.4, -0.2) is 17.0 Å². The third-order valence-electron chi connectivity index (χ3n) is 3.29. The first-order chi connectivity index (χ1) is 10.6. The summed E-state index contributed by atoms with van der Waals surface area (Å²) in [6.07, 6.45) is 0.573. The molecular weight excluding hydrogens is 280 g/mol. The molecule has 5 heteroatoms. The minimum absolute atomic E-state index is 0.0964. The summed E-state index contributed by atoms with van der Waals surface area (Å²) in [5.41, 5.74) is 8.65. The Bertz CT molecular complexity index is 649. The van der Waals surface area contributed by atoms with Gasteiger partial charge in [0.1, 0.15) is 0 Å². The van der Waals surface area contributed by atoms with Gasteiger partial charge in [-0.3, -0.25) is 9.59 Å². The van der Waals surface area contributed by atoms with Gasteiger partial charge in [0.25, 0.3) is 5.91 Å². The standard InChI is InChI=1S/C17H18N2O3/c18-11-13-1-6-14(7-2-13)17(22)19-15-8-3-12(4-9-15)5-10-16(20)21/h1-4,6-9H,5,10-11,18H2,(H,19,22)(H,20,21). The van der Waals surface area contributed by atoms with Gasteiger partial charge in [0.05, 0.1) is 0 Å². The van der Waals surface area contributed by atoms with Gasteiger partial charge in [0.2, 0.25) is 0 Å². The van der Waals surface area contributed by atoms with Gasteiger partial charge in [-0.15, -0.1) is 0 Å². The van der Waals surface area contributed by atoms with Crippen molar-refractivity contribution in [3.63, 3.8) is 0 Å². The summed E-state index contributed by atoms with van der Waals surface area (Å²) in [6, 6.07) is 14.3. The molecule has 5 nitrogen and oxygen atoms in total. The highest BCUT2D eigenvalue weighted by atomic mass is 16.4. The average molecular weight is 298 g/mol. The molecule has 2 aromatic carbocycles. The van der Waals surface area contributed by atoms with E-state index >= 15 is 0 Å². The number of aryl methyl sites for hydroxylation is 1. The summed E-state index contributed by atoms with van der Waals surface area (Å²) in [7, 11) is 0. The largest absolute Gasteiger partial charge is 0.481 e. The van der Waals surface area contributed by atoms with Crippen molar-refractivity contribution in [3.8, 4) is 0 Å². The van der Waals surface area contributed by atoms with Crippen LogP contribution in [0.5, 0.6) is 0 Å². The number of carbonyl (C=O) groups is 2. The predicted octanol–water partition coefficient (Wildman–Crippen LogP) is 2.41. The molecule has 0 bridgehead atoms. The SMILES string of the molecule is NCc1ccc(C(=O)Nc2ccc(CCC(=O)O)cc2)cc1. The van der Waals surface area contributed by atoms with Crippen LogP contribution in [0.3, 0.4) is 0 Å². The van der Waals surface area contributed by atoms with Gasteiger partial charge in [-0.2, -0.15) is 0 Å². The smallest absolute Gasteiger partial charge is 0.303 e. The number of nitrogens with one attached hydrogen (secondary N) is 1. The number of carboxylic acids is 1. The van der Waals surface area contributed by atoms with Crippen LogP contribution in [0.1, 0.15) is 27.9 Å². The summed E-state index contributed by atoms with van der Waals surface area (Å²) in [6.45, 7) is 0.444. The maximum Gasteiger partial charge on any atom is 0.303 e. The molecule has 4 N–H and O–H groups in total. The number of carbonyl (C=O) groups excluding carboxylic acids is 1. The molecule has 0 atom stereocenters. The molecule has 0 fully saturated rings. The zero-order valence-electron chi connectivity index (χ0n) is 12.1. The van der Waals surface area contributed by atoms with Crippen LogP contribution in [0, 0.1) is 0 Å². The number of aliphatic carboxylic acids is 1. The van der Waals surface area contributed by atoms with Crippen molar-refractivity contribution in [2.24, 2.45) is 5.73 Å². The first-order valence-electron chi connectivity index (χ1n) is 6.99. The lowest BCUT2D eigenvalue weighted by atomic mass is 10.1. The van der Waals surface area contributed by atoms with Crippen LogP contribution in [-0.2, 0) is 17.8 Å². The normalized spacial score (nSPS) is 10.2. The lowest BCUT2D eigenvalue weighted by molar-refractivity contribution is -0.136. The van der Waals surface area contributed by atoms with Gasteiger partial charge in [0, 0.05) is 24.2 Å². The fourth-order valence-corrected chi connectivity index (χ4v) is 2.00. The van der Waals surface area contributed by atoms with E-state index in [9.17, 15) is 9.59 Å². The van der Waals surface area contributed by atoms with Crippen LogP contribution in [0.2, 0.25) is 0 Å². The number of carboxylic acid groups (broad SMARTS) is 1. The Morgan fingerprint density at radius 2 is 1.55 bits per heavy atom. The molecule has 0 saturated heterocycles. The summed E-state index contributed by atoms with van der Waals surface area (Å²) >= 11 is 0. The Balaban J connectivity index is 1.97. The molecule has 0 aliphatic heterocycles. The van der Waals surface area contributed by atoms with Gasteiger partial charge in [-0.25, -0.2) is 0 Å². The van der Waals surface area contributed by atoms with E-state index in [4.69, 9.17) is 10.8 Å². The maximum atomic E-state index is 12.1. The monoisotopic (exact) mass is 298 g/mol. The van der Waals surface area contributed by atoms with E-state index in [2.05, 4.69) is 5.32 Å². The zero-order chi connectivity index (χ0) is 15.9. The van der Waals surface area contributed by atoms with Crippen LogP contribution in [0.25, 0.3) is 0 Å². The van der Waals surface area contributed by atoms with Crippen molar-refractivity contribution < 1.29 is 14.7 Å². The van der Waals surface area contributed by atoms with Crippen molar-refractivity contribution >= 4 is 17.6 Å². The third kappa shape index (κ3) is 4.43. The molecule has 2 rings (SSSR count). The quantitative estimate of drug-likeness (QED) is 0.763. The second-order valence-corrected chi connectivity index (χ2v) is 4.95. The van der Waals surface area contributed by atoms with Crippen LogP contribution >= 0.6 is 0 Å². The Labute approximate surface area is 128 Å². The molecule has 1 amide bonds. The molecule has 0 unspecified atom stereocenters. The molecule has 0 aromatic heterocycles. The van der Waals surface area contributed by atoms with E-state index in [1.165, 1.54) is 0 Å². The van der Waals surface area contributed by atoms with Crippen LogP contribution < -0.4 is 11.1 Å². The highest BCUT2D eigenvalue weighted by Crippen LogP contribution is 2.13. The van der Waals surface area contributed by atoms with Gasteiger partial charge in [-0.1, -0.05) is 24.3 Å². The summed E-state index contributed by atoms with van der Waals surface area (Å²) in [4.78, 5) is 22.6. The summed E-state index contributed by atoms with van der Waals surface area (Å²) in [5.74, 6) is -1.01. The number of amides is 1.